The van der Waals surface area contributed by atoms with Crippen molar-refractivity contribution in [2.75, 3.05) is 5.73 Å². The first-order chi connectivity index (χ1) is 9.31. The van der Waals surface area contributed by atoms with E-state index in [4.69, 9.17) is 5.73 Å². The molecule has 0 unspecified atom stereocenters. The average molecular weight is 253 g/mol. The summed E-state index contributed by atoms with van der Waals surface area (Å²) in [5, 5.41) is 0. The summed E-state index contributed by atoms with van der Waals surface area (Å²) in [5.74, 6) is 0.996. The zero-order valence-corrected chi connectivity index (χ0v) is 11.1. The Morgan fingerprint density at radius 3 is 2.74 bits per heavy atom. The summed E-state index contributed by atoms with van der Waals surface area (Å²) in [5.41, 5.74) is 10.5. The molecule has 98 valence electrons. The fourth-order valence-corrected chi connectivity index (χ4v) is 2.61. The number of hydrogen-bond acceptors (Lipinski definition) is 3. The van der Waals surface area contributed by atoms with Gasteiger partial charge >= 0.3 is 0 Å². The van der Waals surface area contributed by atoms with Gasteiger partial charge in [0.25, 0.3) is 0 Å². The predicted molar refractivity (Wildman–Crippen MR) is 76.9 cm³/mol. The molecule has 1 heterocycles. The van der Waals surface area contributed by atoms with Gasteiger partial charge in [0, 0.05) is 24.0 Å². The van der Waals surface area contributed by atoms with E-state index in [0.717, 1.165) is 43.6 Å². The van der Waals surface area contributed by atoms with E-state index in [2.05, 4.69) is 22.1 Å². The van der Waals surface area contributed by atoms with E-state index in [1.807, 2.05) is 18.3 Å². The lowest BCUT2D eigenvalue weighted by molar-refractivity contribution is 0.761. The molecule has 1 aliphatic rings. The van der Waals surface area contributed by atoms with E-state index in [9.17, 15) is 0 Å². The Labute approximate surface area is 113 Å². The first kappa shape index (κ1) is 12.2. The molecule has 0 spiro atoms. The number of hydrogen-bond donors (Lipinski definition) is 1. The number of fused-ring (bicyclic) bond motifs is 1. The molecule has 0 saturated carbocycles. The zero-order chi connectivity index (χ0) is 13.1. The lowest BCUT2D eigenvalue weighted by Gasteiger charge is -2.04. The van der Waals surface area contributed by atoms with Crippen molar-refractivity contribution in [3.05, 3.63) is 53.1 Å². The third-order valence-corrected chi connectivity index (χ3v) is 3.71. The van der Waals surface area contributed by atoms with Crippen LogP contribution in [0.4, 0.5) is 5.69 Å². The molecule has 1 aromatic carbocycles. The summed E-state index contributed by atoms with van der Waals surface area (Å²) < 4.78 is 0. The van der Waals surface area contributed by atoms with Crippen LogP contribution in [0.3, 0.4) is 0 Å². The van der Waals surface area contributed by atoms with Crippen LogP contribution in [0, 0.1) is 0 Å². The van der Waals surface area contributed by atoms with Crippen molar-refractivity contribution in [2.24, 2.45) is 0 Å². The normalized spacial score (nSPS) is 13.5. The van der Waals surface area contributed by atoms with Gasteiger partial charge in [0.15, 0.2) is 0 Å². The van der Waals surface area contributed by atoms with Gasteiger partial charge in [-0.15, -0.1) is 0 Å². The van der Waals surface area contributed by atoms with Crippen LogP contribution >= 0.6 is 0 Å². The third kappa shape index (κ3) is 2.92. The second-order valence-corrected chi connectivity index (χ2v) is 5.21. The van der Waals surface area contributed by atoms with Gasteiger partial charge < -0.3 is 5.73 Å². The van der Waals surface area contributed by atoms with Gasteiger partial charge in [0.2, 0.25) is 0 Å². The molecule has 2 N–H and O–H groups in total. The fourth-order valence-electron chi connectivity index (χ4n) is 2.61. The van der Waals surface area contributed by atoms with E-state index < -0.39 is 0 Å². The highest BCUT2D eigenvalue weighted by atomic mass is 14.9. The molecular weight excluding hydrogens is 234 g/mol. The van der Waals surface area contributed by atoms with E-state index in [0.29, 0.717) is 0 Å². The second-order valence-electron chi connectivity index (χ2n) is 5.21. The second kappa shape index (κ2) is 5.39. The molecule has 0 bridgehead atoms. The molecule has 19 heavy (non-hydrogen) atoms. The van der Waals surface area contributed by atoms with Crippen LogP contribution in [-0.2, 0) is 25.7 Å². The first-order valence-electron chi connectivity index (χ1n) is 6.99. The Hall–Kier alpha value is -1.90. The number of nitrogens with two attached hydrogens (primary N) is 1. The van der Waals surface area contributed by atoms with Crippen LogP contribution in [0.1, 0.15) is 35.5 Å². The molecule has 0 saturated heterocycles. The van der Waals surface area contributed by atoms with Crippen molar-refractivity contribution in [2.45, 2.75) is 38.5 Å². The van der Waals surface area contributed by atoms with Crippen LogP contribution in [-0.4, -0.2) is 9.97 Å². The Kier molecular flexibility index (Phi) is 3.45. The maximum absolute atomic E-state index is 5.68. The van der Waals surface area contributed by atoms with Crippen LogP contribution in [0.2, 0.25) is 0 Å². The lowest BCUT2D eigenvalue weighted by atomic mass is 10.1. The minimum atomic E-state index is 0.825. The molecule has 1 aliphatic carbocycles. The third-order valence-electron chi connectivity index (χ3n) is 3.71. The Morgan fingerprint density at radius 1 is 1.05 bits per heavy atom. The monoisotopic (exact) mass is 253 g/mol. The van der Waals surface area contributed by atoms with Gasteiger partial charge in [0.1, 0.15) is 5.82 Å². The van der Waals surface area contributed by atoms with Gasteiger partial charge in [-0.1, -0.05) is 12.1 Å². The van der Waals surface area contributed by atoms with Crippen LogP contribution in [0.25, 0.3) is 0 Å². The number of anilines is 1. The highest BCUT2D eigenvalue weighted by Crippen LogP contribution is 2.19. The number of aromatic nitrogens is 2. The summed E-state index contributed by atoms with van der Waals surface area (Å²) in [6.45, 7) is 0. The van der Waals surface area contributed by atoms with Gasteiger partial charge in [-0.25, -0.2) is 9.97 Å². The summed E-state index contributed by atoms with van der Waals surface area (Å²) in [6, 6.07) is 8.11. The fraction of sp³-hybridized carbons (Fsp3) is 0.375. The van der Waals surface area contributed by atoms with E-state index in [1.165, 1.54) is 23.2 Å². The standard InChI is InChI=1S/C16H19N3/c17-14-9-7-12(8-10-14)3-1-6-16-18-11-13-4-2-5-15(13)19-16/h7-11H,1-6,17H2. The van der Waals surface area contributed by atoms with Crippen molar-refractivity contribution in [1.82, 2.24) is 9.97 Å². The largest absolute Gasteiger partial charge is 0.399 e. The number of nitrogen functional groups attached to an aromatic ring is 1. The number of aryl methyl sites for hydroxylation is 4. The molecule has 0 fully saturated rings. The molecule has 0 atom stereocenters. The van der Waals surface area contributed by atoms with Crippen molar-refractivity contribution in [3.8, 4) is 0 Å². The van der Waals surface area contributed by atoms with Crippen molar-refractivity contribution >= 4 is 5.69 Å². The smallest absolute Gasteiger partial charge is 0.128 e. The maximum Gasteiger partial charge on any atom is 0.128 e. The maximum atomic E-state index is 5.68. The van der Waals surface area contributed by atoms with Crippen LogP contribution in [0.15, 0.2) is 30.5 Å². The van der Waals surface area contributed by atoms with Crippen LogP contribution in [0.5, 0.6) is 0 Å². The number of benzene rings is 1. The zero-order valence-electron chi connectivity index (χ0n) is 11.1. The van der Waals surface area contributed by atoms with E-state index in [1.54, 1.807) is 0 Å². The molecule has 0 aliphatic heterocycles. The van der Waals surface area contributed by atoms with E-state index in [-0.39, 0.29) is 0 Å². The average Bonchev–Trinajstić information content (AvgIpc) is 2.88. The molecule has 0 radical (unpaired) electrons. The Bertz CT molecular complexity index is 561. The molecule has 3 nitrogen and oxygen atoms in total. The Balaban J connectivity index is 1.56. The van der Waals surface area contributed by atoms with Gasteiger partial charge in [-0.3, -0.25) is 0 Å². The van der Waals surface area contributed by atoms with Gasteiger partial charge in [-0.2, -0.15) is 0 Å². The highest BCUT2D eigenvalue weighted by Gasteiger charge is 2.13. The van der Waals surface area contributed by atoms with Crippen molar-refractivity contribution in [3.63, 3.8) is 0 Å². The van der Waals surface area contributed by atoms with Crippen molar-refractivity contribution in [1.29, 1.82) is 0 Å². The molecule has 2 aromatic rings. The topological polar surface area (TPSA) is 51.8 Å². The van der Waals surface area contributed by atoms with E-state index >= 15 is 0 Å². The lowest BCUT2D eigenvalue weighted by Crippen LogP contribution is -2.00. The Morgan fingerprint density at radius 2 is 1.89 bits per heavy atom. The minimum absolute atomic E-state index is 0.825. The number of nitrogens with zero attached hydrogens (tertiary/aromatic N) is 2. The van der Waals surface area contributed by atoms with Crippen LogP contribution < -0.4 is 5.73 Å². The molecule has 0 amide bonds. The molecule has 3 rings (SSSR count). The quantitative estimate of drug-likeness (QED) is 0.852. The highest BCUT2D eigenvalue weighted by molar-refractivity contribution is 5.39. The molecule has 1 aromatic heterocycles. The van der Waals surface area contributed by atoms with Crippen molar-refractivity contribution < 1.29 is 0 Å². The number of rotatable bonds is 4. The first-order valence-corrected chi connectivity index (χ1v) is 6.99. The summed E-state index contributed by atoms with van der Waals surface area (Å²) in [6.07, 6.45) is 8.64. The molecule has 3 heteroatoms. The summed E-state index contributed by atoms with van der Waals surface area (Å²) in [7, 11) is 0. The summed E-state index contributed by atoms with van der Waals surface area (Å²) >= 11 is 0. The van der Waals surface area contributed by atoms with Gasteiger partial charge in [-0.05, 0) is 55.4 Å². The van der Waals surface area contributed by atoms with Gasteiger partial charge in [0.05, 0.1) is 0 Å². The molecular formula is C16H19N3. The SMILES string of the molecule is Nc1ccc(CCCc2ncc3c(n2)CCC3)cc1. The summed E-state index contributed by atoms with van der Waals surface area (Å²) in [4.78, 5) is 9.13. The predicted octanol–water partition coefficient (Wildman–Crippen LogP) is 2.72. The minimum Gasteiger partial charge on any atom is -0.399 e.